The second-order valence-corrected chi connectivity index (χ2v) is 14.6. The molecule has 0 rings (SSSR count). The summed E-state index contributed by atoms with van der Waals surface area (Å²) in [6.45, 7) is 20.6. The Hall–Kier alpha value is 1.87. The van der Waals surface area contributed by atoms with Crippen LogP contribution in [0.5, 0.6) is 0 Å². The van der Waals surface area contributed by atoms with Gasteiger partial charge in [0, 0.05) is 0 Å². The summed E-state index contributed by atoms with van der Waals surface area (Å²) in [5.74, 6) is 0. The fraction of sp³-hybridized carbons (Fsp3) is 1.00. The van der Waals surface area contributed by atoms with Crippen LogP contribution in [0.4, 0.5) is 0 Å². The molecule has 0 aliphatic carbocycles. The summed E-state index contributed by atoms with van der Waals surface area (Å²) in [5.41, 5.74) is 0. The fourth-order valence-corrected chi connectivity index (χ4v) is 6.04. The molecule has 0 unspecified atom stereocenters. The fourth-order valence-electron chi connectivity index (χ4n) is 2.01. The molecular formula is C18H45P3V+3. The molecule has 0 saturated carbocycles. The third-order valence-corrected chi connectivity index (χ3v) is 12.1. The summed E-state index contributed by atoms with van der Waals surface area (Å²) in [6, 6.07) is 0. The van der Waals surface area contributed by atoms with E-state index >= 15 is 0 Å². The molecule has 0 saturated heterocycles. The largest absolute Gasteiger partial charge is 3.00 e. The van der Waals surface area contributed by atoms with Gasteiger partial charge in [-0.2, -0.15) is 0 Å². The van der Waals surface area contributed by atoms with Gasteiger partial charge in [-0.1, -0.05) is 62.3 Å². The van der Waals surface area contributed by atoms with Crippen LogP contribution >= 0.6 is 23.8 Å². The summed E-state index contributed by atoms with van der Waals surface area (Å²) in [7, 11) is 1.34. The van der Waals surface area contributed by atoms with Gasteiger partial charge in [-0.3, -0.25) is 0 Å². The molecule has 0 atom stereocenters. The summed E-state index contributed by atoms with van der Waals surface area (Å²) < 4.78 is 0. The minimum absolute atomic E-state index is 0. The van der Waals surface area contributed by atoms with Crippen molar-refractivity contribution in [1.29, 1.82) is 0 Å². The van der Waals surface area contributed by atoms with E-state index in [2.05, 4.69) is 62.3 Å². The van der Waals surface area contributed by atoms with E-state index in [0.29, 0.717) is 23.8 Å². The minimum Gasteiger partial charge on any atom is -0.108 e. The topological polar surface area (TPSA) is 0 Å². The van der Waals surface area contributed by atoms with Crippen molar-refractivity contribution in [2.75, 3.05) is 55.5 Å². The molecule has 0 N–H and O–H groups in total. The van der Waals surface area contributed by atoms with Crippen LogP contribution in [0.15, 0.2) is 0 Å². The predicted octanol–water partition coefficient (Wildman–Crippen LogP) is 7.58. The van der Waals surface area contributed by atoms with Crippen molar-refractivity contribution in [1.82, 2.24) is 0 Å². The molecule has 22 heavy (non-hydrogen) atoms. The van der Waals surface area contributed by atoms with Gasteiger partial charge in [0.15, 0.2) is 0 Å². The van der Waals surface area contributed by atoms with Gasteiger partial charge in [-0.05, 0) is 55.5 Å². The Labute approximate surface area is 159 Å². The van der Waals surface area contributed by atoms with Crippen LogP contribution in [0.3, 0.4) is 0 Å². The summed E-state index contributed by atoms with van der Waals surface area (Å²) in [6.07, 6.45) is 12.8. The Kier molecular flexibility index (Phi) is 39.8. The van der Waals surface area contributed by atoms with Gasteiger partial charge in [0.2, 0.25) is 0 Å². The Morgan fingerprint density at radius 1 is 0.318 bits per heavy atom. The van der Waals surface area contributed by atoms with Gasteiger partial charge in [0.1, 0.15) is 0 Å². The maximum absolute atomic E-state index is 2.29. The van der Waals surface area contributed by atoms with Crippen molar-refractivity contribution in [3.8, 4) is 0 Å². The van der Waals surface area contributed by atoms with Gasteiger partial charge >= 0.3 is 18.6 Å². The first kappa shape index (κ1) is 31.6. The first-order valence-corrected chi connectivity index (χ1v) is 14.9. The van der Waals surface area contributed by atoms with Crippen LogP contribution < -0.4 is 0 Å². The van der Waals surface area contributed by atoms with E-state index in [4.69, 9.17) is 0 Å². The van der Waals surface area contributed by atoms with E-state index in [1.807, 2.05) is 0 Å². The molecular weight excluding hydrogens is 360 g/mol. The molecule has 0 aromatic heterocycles. The molecule has 0 aromatic rings. The van der Waals surface area contributed by atoms with Gasteiger partial charge in [0.25, 0.3) is 0 Å². The maximum atomic E-state index is 2.29. The Balaban J connectivity index is -0.000000108. The van der Waals surface area contributed by atoms with Crippen molar-refractivity contribution >= 4 is 23.8 Å². The van der Waals surface area contributed by atoms with Crippen LogP contribution in [0, 0.1) is 0 Å². The first-order valence-electron chi connectivity index (χ1n) is 9.21. The van der Waals surface area contributed by atoms with Gasteiger partial charge in [-0.15, -0.1) is 23.8 Å². The predicted molar refractivity (Wildman–Crippen MR) is 116 cm³/mol. The quantitative estimate of drug-likeness (QED) is 0.347. The van der Waals surface area contributed by atoms with Crippen LogP contribution in [-0.2, 0) is 18.6 Å². The Morgan fingerprint density at radius 2 is 0.409 bits per heavy atom. The molecule has 0 bridgehead atoms. The molecule has 0 fully saturated rings. The summed E-state index contributed by atoms with van der Waals surface area (Å²) >= 11 is 0. The molecule has 0 spiro atoms. The Morgan fingerprint density at radius 3 is 0.409 bits per heavy atom. The van der Waals surface area contributed by atoms with Crippen LogP contribution in [0.1, 0.15) is 62.3 Å². The van der Waals surface area contributed by atoms with E-state index in [-0.39, 0.29) is 18.6 Å². The zero-order chi connectivity index (χ0) is 17.1. The van der Waals surface area contributed by atoms with Crippen LogP contribution in [-0.4, -0.2) is 55.5 Å². The molecule has 0 heterocycles. The number of hydrogen-bond acceptors (Lipinski definition) is 0. The third kappa shape index (κ3) is 24.1. The monoisotopic (exact) mass is 405 g/mol. The standard InChI is InChI=1S/3C6H15P.V/c3*1-4-7(5-2)6-3;/h3*4-6H2,1-3H3;/q;;;+3. The van der Waals surface area contributed by atoms with Crippen molar-refractivity contribution in [3.05, 3.63) is 0 Å². The van der Waals surface area contributed by atoms with E-state index in [1.54, 1.807) is 0 Å². The number of rotatable bonds is 9. The molecule has 0 aliphatic rings. The maximum Gasteiger partial charge on any atom is 3.00 e. The van der Waals surface area contributed by atoms with Crippen molar-refractivity contribution in [2.45, 2.75) is 62.3 Å². The second-order valence-electron chi connectivity index (χ2n) is 4.86. The van der Waals surface area contributed by atoms with Crippen LogP contribution in [0.25, 0.3) is 0 Å². The number of hydrogen-bond donors (Lipinski definition) is 0. The van der Waals surface area contributed by atoms with Crippen molar-refractivity contribution < 1.29 is 18.6 Å². The average Bonchev–Trinajstić information content (AvgIpc) is 2.54. The van der Waals surface area contributed by atoms with Gasteiger partial charge in [0.05, 0.1) is 0 Å². The third-order valence-electron chi connectivity index (χ3n) is 4.02. The average molecular weight is 405 g/mol. The molecule has 0 aromatic carbocycles. The van der Waals surface area contributed by atoms with Crippen molar-refractivity contribution in [2.24, 2.45) is 0 Å². The zero-order valence-electron chi connectivity index (χ0n) is 17.2. The zero-order valence-corrected chi connectivity index (χ0v) is 21.2. The van der Waals surface area contributed by atoms with Gasteiger partial charge < -0.3 is 0 Å². The van der Waals surface area contributed by atoms with E-state index < -0.39 is 0 Å². The minimum atomic E-state index is 0. The van der Waals surface area contributed by atoms with E-state index in [0.717, 1.165) is 0 Å². The Bertz CT molecular complexity index is 111. The SMILES string of the molecule is CCP(CC)CC.CCP(CC)CC.CCP(CC)CC.[V+3]. The smallest absolute Gasteiger partial charge is 0.108 e. The second kappa shape index (κ2) is 27.7. The summed E-state index contributed by atoms with van der Waals surface area (Å²) in [4.78, 5) is 0. The molecule has 4 heteroatoms. The van der Waals surface area contributed by atoms with Crippen molar-refractivity contribution in [3.63, 3.8) is 0 Å². The first-order chi connectivity index (χ1) is 10.0. The summed E-state index contributed by atoms with van der Waals surface area (Å²) in [5, 5.41) is 0. The van der Waals surface area contributed by atoms with Gasteiger partial charge in [-0.25, -0.2) is 0 Å². The van der Waals surface area contributed by atoms with E-state index in [9.17, 15) is 0 Å². The normalized spacial score (nSPS) is 9.82. The molecule has 0 radical (unpaired) electrons. The van der Waals surface area contributed by atoms with E-state index in [1.165, 1.54) is 55.5 Å². The molecule has 134 valence electrons. The molecule has 0 aliphatic heterocycles. The van der Waals surface area contributed by atoms with Crippen LogP contribution in [0.2, 0.25) is 0 Å². The molecule has 0 nitrogen and oxygen atoms in total. The molecule has 0 amide bonds.